The minimum absolute atomic E-state index is 0.334. The van der Waals surface area contributed by atoms with Crippen LogP contribution < -0.4 is 11.1 Å². The molecule has 0 bridgehead atoms. The van der Waals surface area contributed by atoms with E-state index >= 15 is 0 Å². The summed E-state index contributed by atoms with van der Waals surface area (Å²) in [4.78, 5) is 14.3. The number of fused-ring (bicyclic) bond motifs is 2. The second-order valence-electron chi connectivity index (χ2n) is 5.39. The van der Waals surface area contributed by atoms with Gasteiger partial charge in [0, 0.05) is 27.7 Å². The maximum Gasteiger partial charge on any atom is 0.180 e. The van der Waals surface area contributed by atoms with E-state index < -0.39 is 0 Å². The number of hydrogen-bond donors (Lipinski definition) is 2. The lowest BCUT2D eigenvalue weighted by molar-refractivity contribution is 0.608. The normalized spacial score (nSPS) is 16.2. The Morgan fingerprint density at radius 1 is 1.29 bits per heavy atom. The minimum Gasteiger partial charge on any atom is -0.375 e. The molecule has 2 aromatic heterocycles. The van der Waals surface area contributed by atoms with Crippen molar-refractivity contribution in [1.29, 1.82) is 0 Å². The molecule has 1 aromatic carbocycles. The second kappa shape index (κ2) is 7.32. The van der Waals surface area contributed by atoms with Crippen molar-refractivity contribution < 1.29 is 0 Å². The van der Waals surface area contributed by atoms with Gasteiger partial charge in [-0.3, -0.25) is 0 Å². The lowest BCUT2D eigenvalue weighted by Gasteiger charge is -2.23. The van der Waals surface area contributed by atoms with Gasteiger partial charge in [-0.1, -0.05) is 25.4 Å². The largest absolute Gasteiger partial charge is 0.375 e. The van der Waals surface area contributed by atoms with Crippen LogP contribution in [0.15, 0.2) is 24.5 Å². The number of rotatable bonds is 2. The topological polar surface area (TPSA) is 76.7 Å². The molecule has 0 saturated heterocycles. The number of anilines is 2. The van der Waals surface area contributed by atoms with Crippen LogP contribution in [0.3, 0.4) is 0 Å². The summed E-state index contributed by atoms with van der Waals surface area (Å²) in [5, 5.41) is 5.87. The van der Waals surface area contributed by atoms with Crippen molar-refractivity contribution in [1.82, 2.24) is 15.0 Å². The summed E-state index contributed by atoms with van der Waals surface area (Å²) in [6, 6.07) is 6.01. The first kappa shape index (κ1) is 16.9. The van der Waals surface area contributed by atoms with Crippen LogP contribution in [0.1, 0.15) is 30.8 Å². The quantitative estimate of drug-likeness (QED) is 0.710. The SMILES string of the molecule is CC.Nc1nc2c(s1)CC(Nc1ncnc3cc(Cl)ccc13)CC2. The highest BCUT2D eigenvalue weighted by Crippen LogP contribution is 2.30. The number of benzene rings is 1. The fourth-order valence-corrected chi connectivity index (χ4v) is 3.98. The van der Waals surface area contributed by atoms with Gasteiger partial charge in [0.25, 0.3) is 0 Å². The van der Waals surface area contributed by atoms with E-state index in [-0.39, 0.29) is 0 Å². The summed E-state index contributed by atoms with van der Waals surface area (Å²) < 4.78 is 0. The van der Waals surface area contributed by atoms with Crippen molar-refractivity contribution >= 4 is 44.8 Å². The van der Waals surface area contributed by atoms with E-state index in [1.165, 1.54) is 4.88 Å². The zero-order valence-corrected chi connectivity index (χ0v) is 15.3. The van der Waals surface area contributed by atoms with Crippen LogP contribution in [-0.4, -0.2) is 21.0 Å². The molecule has 0 amide bonds. The number of nitrogens with zero attached hydrogens (tertiary/aromatic N) is 3. The summed E-state index contributed by atoms with van der Waals surface area (Å²) in [6.45, 7) is 4.00. The van der Waals surface area contributed by atoms with Crippen LogP contribution >= 0.6 is 22.9 Å². The van der Waals surface area contributed by atoms with Gasteiger partial charge in [-0.25, -0.2) is 15.0 Å². The van der Waals surface area contributed by atoms with E-state index in [1.54, 1.807) is 17.7 Å². The standard InChI is InChI=1S/C15H14ClN5S.C2H6/c16-8-1-3-10-12(5-8)18-7-19-14(10)20-9-2-4-11-13(6-9)22-15(17)21-11;1-2/h1,3,5,7,9H,2,4,6H2,(H2,17,21)(H,18,19,20);1-2H3. The van der Waals surface area contributed by atoms with Gasteiger partial charge in [0.05, 0.1) is 11.2 Å². The van der Waals surface area contributed by atoms with E-state index in [0.29, 0.717) is 16.2 Å². The van der Waals surface area contributed by atoms with Gasteiger partial charge >= 0.3 is 0 Å². The van der Waals surface area contributed by atoms with Gasteiger partial charge in [0.2, 0.25) is 0 Å². The Hall–Kier alpha value is -1.92. The van der Waals surface area contributed by atoms with E-state index in [4.69, 9.17) is 17.3 Å². The van der Waals surface area contributed by atoms with Crippen molar-refractivity contribution in [3.63, 3.8) is 0 Å². The van der Waals surface area contributed by atoms with Gasteiger partial charge in [0.1, 0.15) is 12.1 Å². The summed E-state index contributed by atoms with van der Waals surface area (Å²) in [5.41, 5.74) is 7.80. The molecule has 126 valence electrons. The van der Waals surface area contributed by atoms with Crippen LogP contribution in [0.5, 0.6) is 0 Å². The smallest absolute Gasteiger partial charge is 0.180 e. The molecule has 0 spiro atoms. The summed E-state index contributed by atoms with van der Waals surface area (Å²) in [6.07, 6.45) is 4.48. The molecule has 0 saturated carbocycles. The van der Waals surface area contributed by atoms with E-state index in [0.717, 1.165) is 41.7 Å². The average molecular weight is 362 g/mol. The molecular weight excluding hydrogens is 342 g/mol. The van der Waals surface area contributed by atoms with Crippen LogP contribution in [0.2, 0.25) is 5.02 Å². The Bertz CT molecular complexity index is 848. The number of aromatic nitrogens is 3. The fourth-order valence-electron chi connectivity index (χ4n) is 2.86. The highest BCUT2D eigenvalue weighted by atomic mass is 35.5. The van der Waals surface area contributed by atoms with Crippen molar-refractivity contribution in [2.75, 3.05) is 11.1 Å². The fraction of sp³-hybridized carbons (Fsp3) is 0.353. The molecule has 1 aliphatic rings. The van der Waals surface area contributed by atoms with Crippen molar-refractivity contribution in [3.05, 3.63) is 40.1 Å². The monoisotopic (exact) mass is 361 g/mol. The number of nitrogens with one attached hydrogen (secondary N) is 1. The van der Waals surface area contributed by atoms with E-state index in [1.807, 2.05) is 32.0 Å². The molecule has 4 rings (SSSR count). The number of nitrogen functional groups attached to an aromatic ring is 1. The first-order valence-electron chi connectivity index (χ1n) is 8.10. The highest BCUT2D eigenvalue weighted by Gasteiger charge is 2.22. The predicted octanol–water partition coefficient (Wildman–Crippen LogP) is 4.32. The second-order valence-corrected chi connectivity index (χ2v) is 6.94. The first-order valence-corrected chi connectivity index (χ1v) is 9.29. The number of nitrogens with two attached hydrogens (primary N) is 1. The van der Waals surface area contributed by atoms with Gasteiger partial charge < -0.3 is 11.1 Å². The van der Waals surface area contributed by atoms with Crippen LogP contribution in [0.25, 0.3) is 10.9 Å². The van der Waals surface area contributed by atoms with Crippen LogP contribution in [0.4, 0.5) is 10.9 Å². The van der Waals surface area contributed by atoms with E-state index in [9.17, 15) is 0 Å². The third-order valence-electron chi connectivity index (χ3n) is 3.90. The zero-order chi connectivity index (χ0) is 17.1. The molecule has 1 aliphatic carbocycles. The molecule has 0 radical (unpaired) electrons. The molecule has 5 nitrogen and oxygen atoms in total. The van der Waals surface area contributed by atoms with Gasteiger partial charge in [-0.05, 0) is 31.0 Å². The summed E-state index contributed by atoms with van der Waals surface area (Å²) >= 11 is 7.61. The molecular formula is C17H20ClN5S. The molecule has 7 heteroatoms. The molecule has 1 unspecified atom stereocenters. The highest BCUT2D eigenvalue weighted by molar-refractivity contribution is 7.15. The molecule has 2 heterocycles. The number of thiazole rings is 1. The number of hydrogen-bond acceptors (Lipinski definition) is 6. The first-order chi connectivity index (χ1) is 11.7. The van der Waals surface area contributed by atoms with Crippen LogP contribution in [-0.2, 0) is 12.8 Å². The molecule has 0 fully saturated rings. The molecule has 0 aliphatic heterocycles. The van der Waals surface area contributed by atoms with Crippen molar-refractivity contribution in [2.45, 2.75) is 39.2 Å². The lowest BCUT2D eigenvalue weighted by atomic mass is 9.97. The van der Waals surface area contributed by atoms with Gasteiger partial charge in [-0.2, -0.15) is 0 Å². The molecule has 3 aromatic rings. The summed E-state index contributed by atoms with van der Waals surface area (Å²) in [7, 11) is 0. The number of aryl methyl sites for hydroxylation is 1. The number of halogens is 1. The lowest BCUT2D eigenvalue weighted by Crippen LogP contribution is -2.27. The Labute approximate surface area is 150 Å². The molecule has 1 atom stereocenters. The Morgan fingerprint density at radius 2 is 2.12 bits per heavy atom. The third kappa shape index (κ3) is 3.44. The Balaban J connectivity index is 0.000000815. The van der Waals surface area contributed by atoms with Crippen molar-refractivity contribution in [2.24, 2.45) is 0 Å². The maximum absolute atomic E-state index is 6.02. The average Bonchev–Trinajstić information content (AvgIpc) is 2.96. The molecule has 24 heavy (non-hydrogen) atoms. The minimum atomic E-state index is 0.334. The zero-order valence-electron chi connectivity index (χ0n) is 13.7. The summed E-state index contributed by atoms with van der Waals surface area (Å²) in [5.74, 6) is 0.854. The maximum atomic E-state index is 6.02. The van der Waals surface area contributed by atoms with Crippen molar-refractivity contribution in [3.8, 4) is 0 Å². The van der Waals surface area contributed by atoms with Crippen LogP contribution in [0, 0.1) is 0 Å². The Morgan fingerprint density at radius 3 is 2.96 bits per heavy atom. The predicted molar refractivity (Wildman–Crippen MR) is 102 cm³/mol. The molecule has 3 N–H and O–H groups in total. The van der Waals surface area contributed by atoms with E-state index in [2.05, 4.69) is 20.3 Å². The van der Waals surface area contributed by atoms with Gasteiger partial charge in [0.15, 0.2) is 5.13 Å². The third-order valence-corrected chi connectivity index (χ3v) is 5.08. The van der Waals surface area contributed by atoms with Gasteiger partial charge in [-0.15, -0.1) is 11.3 Å². The Kier molecular flexibility index (Phi) is 5.16.